The highest BCUT2D eigenvalue weighted by Gasteiger charge is 2.11. The second-order valence-corrected chi connectivity index (χ2v) is 6.81. The van der Waals surface area contributed by atoms with E-state index in [2.05, 4.69) is 10.3 Å². The first kappa shape index (κ1) is 19.5. The molecule has 0 bridgehead atoms. The topological polar surface area (TPSA) is 69.7 Å². The summed E-state index contributed by atoms with van der Waals surface area (Å²) in [6.07, 6.45) is 2.18. The lowest BCUT2D eigenvalue weighted by Crippen LogP contribution is -2.13. The van der Waals surface area contributed by atoms with Gasteiger partial charge in [-0.05, 0) is 42.3 Å². The van der Waals surface area contributed by atoms with Crippen molar-refractivity contribution in [1.29, 1.82) is 0 Å². The zero-order chi connectivity index (χ0) is 20.1. The van der Waals surface area contributed by atoms with Gasteiger partial charge in [0.05, 0.1) is 19.7 Å². The molecule has 0 spiro atoms. The third-order valence-corrected chi connectivity index (χ3v) is 4.17. The zero-order valence-electron chi connectivity index (χ0n) is 16.5. The molecule has 3 rings (SSSR count). The van der Waals surface area contributed by atoms with Gasteiger partial charge in [0.2, 0.25) is 5.91 Å². The van der Waals surface area contributed by atoms with Gasteiger partial charge in [0.15, 0.2) is 11.5 Å². The molecule has 0 aliphatic rings. The molecule has 146 valence electrons. The normalized spacial score (nSPS) is 10.8. The summed E-state index contributed by atoms with van der Waals surface area (Å²) in [4.78, 5) is 16.3. The maximum Gasteiger partial charge on any atom is 0.224 e. The number of methoxy groups -OCH3 is 2. The number of hydrogen-bond donors (Lipinski definition) is 1. The summed E-state index contributed by atoms with van der Waals surface area (Å²) in [6.45, 7) is 4.03. The summed E-state index contributed by atoms with van der Waals surface area (Å²) in [5.74, 6) is 2.85. The van der Waals surface area contributed by atoms with Crippen molar-refractivity contribution in [1.82, 2.24) is 4.98 Å². The Labute approximate surface area is 164 Å². The van der Waals surface area contributed by atoms with E-state index in [1.54, 1.807) is 26.5 Å². The highest BCUT2D eigenvalue weighted by atomic mass is 16.5. The van der Waals surface area contributed by atoms with Crippen LogP contribution in [0.1, 0.15) is 20.3 Å². The molecule has 2 aromatic carbocycles. The third-order valence-electron chi connectivity index (χ3n) is 4.17. The summed E-state index contributed by atoms with van der Waals surface area (Å²) in [5.41, 5.74) is 1.48. The number of ether oxygens (including phenoxy) is 3. The van der Waals surface area contributed by atoms with Crippen LogP contribution >= 0.6 is 0 Å². The Morgan fingerprint density at radius 2 is 1.68 bits per heavy atom. The summed E-state index contributed by atoms with van der Waals surface area (Å²) in [5, 5.41) is 3.70. The Bertz CT molecular complexity index is 968. The number of aromatic nitrogens is 1. The predicted molar refractivity (Wildman–Crippen MR) is 109 cm³/mol. The molecule has 0 saturated heterocycles. The van der Waals surface area contributed by atoms with Crippen LogP contribution in [0.25, 0.3) is 10.9 Å². The molecule has 1 N–H and O–H groups in total. The zero-order valence-corrected chi connectivity index (χ0v) is 16.5. The van der Waals surface area contributed by atoms with Crippen LogP contribution in [0.3, 0.4) is 0 Å². The molecule has 0 atom stereocenters. The minimum Gasteiger partial charge on any atom is -0.493 e. The lowest BCUT2D eigenvalue weighted by Gasteiger charge is -2.13. The van der Waals surface area contributed by atoms with Crippen LogP contribution in [0.2, 0.25) is 0 Å². The number of nitrogens with one attached hydrogen (secondary N) is 1. The Morgan fingerprint density at radius 1 is 1.00 bits per heavy atom. The predicted octanol–water partition coefficient (Wildman–Crippen LogP) is 5.03. The first-order valence-electron chi connectivity index (χ1n) is 9.08. The first-order valence-corrected chi connectivity index (χ1v) is 9.08. The Morgan fingerprint density at radius 3 is 2.32 bits per heavy atom. The van der Waals surface area contributed by atoms with E-state index in [1.165, 1.54) is 0 Å². The fourth-order valence-electron chi connectivity index (χ4n) is 2.85. The number of hydrogen-bond acceptors (Lipinski definition) is 5. The van der Waals surface area contributed by atoms with Gasteiger partial charge in [-0.2, -0.15) is 0 Å². The lowest BCUT2D eigenvalue weighted by molar-refractivity contribution is -0.116. The molecule has 0 unspecified atom stereocenters. The van der Waals surface area contributed by atoms with Gasteiger partial charge < -0.3 is 19.5 Å². The van der Waals surface area contributed by atoms with Crippen LogP contribution in [0.4, 0.5) is 5.69 Å². The third kappa shape index (κ3) is 4.52. The van der Waals surface area contributed by atoms with Crippen LogP contribution in [0.15, 0.2) is 48.7 Å². The van der Waals surface area contributed by atoms with Crippen molar-refractivity contribution in [2.45, 2.75) is 20.3 Å². The number of nitrogens with zero attached hydrogens (tertiary/aromatic N) is 1. The average molecular weight is 380 g/mol. The molecular formula is C22H24N2O4. The number of rotatable bonds is 7. The smallest absolute Gasteiger partial charge is 0.224 e. The van der Waals surface area contributed by atoms with Gasteiger partial charge in [0.25, 0.3) is 0 Å². The van der Waals surface area contributed by atoms with Crippen LogP contribution in [0.5, 0.6) is 23.0 Å². The first-order chi connectivity index (χ1) is 13.5. The average Bonchev–Trinajstić information content (AvgIpc) is 2.68. The van der Waals surface area contributed by atoms with E-state index in [0.717, 1.165) is 16.6 Å². The summed E-state index contributed by atoms with van der Waals surface area (Å²) < 4.78 is 16.8. The molecule has 1 amide bonds. The highest BCUT2D eigenvalue weighted by molar-refractivity contribution is 5.91. The van der Waals surface area contributed by atoms with Crippen LogP contribution in [0, 0.1) is 5.92 Å². The Balaban J connectivity index is 1.81. The van der Waals surface area contributed by atoms with Gasteiger partial charge in [-0.25, -0.2) is 0 Å². The van der Waals surface area contributed by atoms with Gasteiger partial charge in [-0.3, -0.25) is 9.78 Å². The van der Waals surface area contributed by atoms with Gasteiger partial charge in [0.1, 0.15) is 11.5 Å². The quantitative estimate of drug-likeness (QED) is 0.623. The molecule has 1 aromatic heterocycles. The Kier molecular flexibility index (Phi) is 5.99. The van der Waals surface area contributed by atoms with E-state index in [1.807, 2.05) is 50.2 Å². The maximum atomic E-state index is 11.9. The van der Waals surface area contributed by atoms with Gasteiger partial charge in [0, 0.05) is 29.8 Å². The second kappa shape index (κ2) is 8.61. The van der Waals surface area contributed by atoms with Crippen LogP contribution in [-0.2, 0) is 4.79 Å². The molecule has 0 radical (unpaired) electrons. The van der Waals surface area contributed by atoms with Crippen molar-refractivity contribution in [3.63, 3.8) is 0 Å². The molecule has 0 aliphatic carbocycles. The highest BCUT2D eigenvalue weighted by Crippen LogP contribution is 2.36. The van der Waals surface area contributed by atoms with Crippen molar-refractivity contribution in [3.05, 3.63) is 48.7 Å². The number of carbonyl (C=O) groups is 1. The number of amides is 1. The second-order valence-electron chi connectivity index (χ2n) is 6.81. The monoisotopic (exact) mass is 380 g/mol. The summed E-state index contributed by atoms with van der Waals surface area (Å²) >= 11 is 0. The van der Waals surface area contributed by atoms with E-state index < -0.39 is 0 Å². The van der Waals surface area contributed by atoms with Crippen LogP contribution in [-0.4, -0.2) is 25.1 Å². The van der Waals surface area contributed by atoms with Crippen molar-refractivity contribution in [2.24, 2.45) is 5.92 Å². The van der Waals surface area contributed by atoms with Crippen molar-refractivity contribution in [2.75, 3.05) is 19.5 Å². The minimum absolute atomic E-state index is 0.00448. The summed E-state index contributed by atoms with van der Waals surface area (Å²) in [7, 11) is 3.18. The fraction of sp³-hybridized carbons (Fsp3) is 0.273. The Hall–Kier alpha value is -3.28. The fourth-order valence-corrected chi connectivity index (χ4v) is 2.85. The van der Waals surface area contributed by atoms with Gasteiger partial charge in [-0.1, -0.05) is 13.8 Å². The van der Waals surface area contributed by atoms with E-state index in [0.29, 0.717) is 35.3 Å². The number of carbonyl (C=O) groups excluding carboxylic acids is 1. The number of benzene rings is 2. The largest absolute Gasteiger partial charge is 0.493 e. The van der Waals surface area contributed by atoms with Crippen molar-refractivity contribution in [3.8, 4) is 23.0 Å². The molecule has 6 heteroatoms. The van der Waals surface area contributed by atoms with Gasteiger partial charge in [-0.15, -0.1) is 0 Å². The molecule has 0 fully saturated rings. The number of fused-ring (bicyclic) bond motifs is 1. The molecule has 0 aliphatic heterocycles. The van der Waals surface area contributed by atoms with Crippen molar-refractivity contribution < 1.29 is 19.0 Å². The molecular weight excluding hydrogens is 356 g/mol. The molecule has 0 saturated carbocycles. The van der Waals surface area contributed by atoms with Crippen molar-refractivity contribution >= 4 is 22.5 Å². The number of anilines is 1. The molecule has 3 aromatic rings. The van der Waals surface area contributed by atoms with Gasteiger partial charge >= 0.3 is 0 Å². The molecule has 28 heavy (non-hydrogen) atoms. The standard InChI is InChI=1S/C22H24N2O4/c1-14(2)11-22(25)24-15-5-7-16(8-6-15)28-19-9-10-23-18-13-21(27-4)20(26-3)12-17(18)19/h5-10,12-14H,11H2,1-4H3,(H,24,25). The van der Waals surface area contributed by atoms with E-state index in [-0.39, 0.29) is 5.91 Å². The summed E-state index contributed by atoms with van der Waals surface area (Å²) in [6, 6.07) is 12.7. The minimum atomic E-state index is 0.00448. The van der Waals surface area contributed by atoms with E-state index in [4.69, 9.17) is 14.2 Å². The van der Waals surface area contributed by atoms with E-state index >= 15 is 0 Å². The van der Waals surface area contributed by atoms with E-state index in [9.17, 15) is 4.79 Å². The maximum absolute atomic E-state index is 11.9. The molecule has 6 nitrogen and oxygen atoms in total. The SMILES string of the molecule is COc1cc2nccc(Oc3ccc(NC(=O)CC(C)C)cc3)c2cc1OC. The van der Waals surface area contributed by atoms with Crippen LogP contribution < -0.4 is 19.5 Å². The lowest BCUT2D eigenvalue weighted by atomic mass is 10.1. The molecule has 1 heterocycles. The number of pyridine rings is 1.